The van der Waals surface area contributed by atoms with Gasteiger partial charge in [-0.05, 0) is 37.6 Å². The van der Waals surface area contributed by atoms with E-state index in [1.165, 1.54) is 6.07 Å². The number of hydrogen-bond donors (Lipinski definition) is 2. The second-order valence-corrected chi connectivity index (χ2v) is 5.26. The first-order chi connectivity index (χ1) is 11.1. The van der Waals surface area contributed by atoms with Gasteiger partial charge in [0.25, 0.3) is 0 Å². The second kappa shape index (κ2) is 6.44. The van der Waals surface area contributed by atoms with Crippen LogP contribution in [0, 0.1) is 19.7 Å². The van der Waals surface area contributed by atoms with Crippen LogP contribution in [0.1, 0.15) is 11.3 Å². The maximum absolute atomic E-state index is 13.8. The average Bonchev–Trinajstić information content (AvgIpc) is 2.51. The summed E-state index contributed by atoms with van der Waals surface area (Å²) in [6.45, 7) is 3.88. The Hall–Kier alpha value is -2.95. The van der Waals surface area contributed by atoms with Crippen LogP contribution in [0.25, 0.3) is 0 Å². The molecule has 0 atom stereocenters. The average molecular weight is 308 g/mol. The van der Waals surface area contributed by atoms with E-state index in [0.717, 1.165) is 16.9 Å². The van der Waals surface area contributed by atoms with E-state index in [2.05, 4.69) is 20.6 Å². The molecule has 0 saturated heterocycles. The predicted molar refractivity (Wildman–Crippen MR) is 90.9 cm³/mol. The number of anilines is 4. The van der Waals surface area contributed by atoms with Crippen LogP contribution < -0.4 is 10.6 Å². The Bertz CT molecular complexity index is 767. The highest BCUT2D eigenvalue weighted by atomic mass is 19.1. The normalized spacial score (nSPS) is 10.4. The molecule has 116 valence electrons. The molecule has 3 aromatic rings. The first-order valence-corrected chi connectivity index (χ1v) is 7.32. The first-order valence-electron chi connectivity index (χ1n) is 7.32. The Morgan fingerprint density at radius 3 is 2.26 bits per heavy atom. The fourth-order valence-corrected chi connectivity index (χ4v) is 2.22. The monoisotopic (exact) mass is 308 g/mol. The highest BCUT2D eigenvalue weighted by Gasteiger charge is 2.06. The van der Waals surface area contributed by atoms with Crippen LogP contribution in [0.3, 0.4) is 0 Å². The van der Waals surface area contributed by atoms with E-state index >= 15 is 0 Å². The Kier molecular flexibility index (Phi) is 4.19. The summed E-state index contributed by atoms with van der Waals surface area (Å²) in [7, 11) is 0. The zero-order valence-electron chi connectivity index (χ0n) is 13.0. The number of nitrogens with zero attached hydrogens (tertiary/aromatic N) is 2. The molecular formula is C18H17FN4. The summed E-state index contributed by atoms with van der Waals surface area (Å²) in [6, 6.07) is 16.2. The molecule has 3 rings (SSSR count). The van der Waals surface area contributed by atoms with Crippen molar-refractivity contribution in [3.8, 4) is 0 Å². The minimum absolute atomic E-state index is 0.322. The van der Waals surface area contributed by atoms with Crippen molar-refractivity contribution in [2.45, 2.75) is 13.8 Å². The second-order valence-electron chi connectivity index (χ2n) is 5.26. The summed E-state index contributed by atoms with van der Waals surface area (Å²) in [5, 5.41) is 6.19. The minimum Gasteiger partial charge on any atom is -0.338 e. The molecule has 2 aromatic carbocycles. The maximum Gasteiger partial charge on any atom is 0.229 e. The number of aryl methyl sites for hydroxylation is 2. The van der Waals surface area contributed by atoms with Crippen LogP contribution in [-0.4, -0.2) is 9.97 Å². The lowest BCUT2D eigenvalue weighted by molar-refractivity contribution is 0.632. The van der Waals surface area contributed by atoms with Gasteiger partial charge in [-0.3, -0.25) is 0 Å². The lowest BCUT2D eigenvalue weighted by Gasteiger charge is -2.11. The van der Waals surface area contributed by atoms with Gasteiger partial charge in [-0.1, -0.05) is 30.3 Å². The Morgan fingerprint density at radius 2 is 1.52 bits per heavy atom. The third kappa shape index (κ3) is 3.63. The van der Waals surface area contributed by atoms with Crippen LogP contribution in [0.4, 0.5) is 27.5 Å². The fraction of sp³-hybridized carbons (Fsp3) is 0.111. The van der Waals surface area contributed by atoms with Crippen molar-refractivity contribution in [3.63, 3.8) is 0 Å². The summed E-state index contributed by atoms with van der Waals surface area (Å²) < 4.78 is 13.8. The summed E-state index contributed by atoms with van der Waals surface area (Å²) in [6.07, 6.45) is 0. The van der Waals surface area contributed by atoms with Gasteiger partial charge in [0.05, 0.1) is 5.69 Å². The third-order valence-electron chi connectivity index (χ3n) is 3.38. The molecule has 23 heavy (non-hydrogen) atoms. The van der Waals surface area contributed by atoms with E-state index in [1.54, 1.807) is 24.3 Å². The molecule has 0 radical (unpaired) electrons. The highest BCUT2D eigenvalue weighted by molar-refractivity contribution is 5.62. The molecule has 0 aliphatic carbocycles. The number of para-hydroxylation sites is 2. The van der Waals surface area contributed by atoms with Crippen molar-refractivity contribution in [2.75, 3.05) is 10.6 Å². The quantitative estimate of drug-likeness (QED) is 0.732. The Morgan fingerprint density at radius 1 is 0.826 bits per heavy atom. The zero-order valence-corrected chi connectivity index (χ0v) is 13.0. The molecule has 0 fully saturated rings. The highest BCUT2D eigenvalue weighted by Crippen LogP contribution is 2.22. The Balaban J connectivity index is 1.88. The van der Waals surface area contributed by atoms with E-state index in [4.69, 9.17) is 0 Å². The molecule has 1 aromatic heterocycles. The van der Waals surface area contributed by atoms with Crippen LogP contribution in [-0.2, 0) is 0 Å². The van der Waals surface area contributed by atoms with Crippen molar-refractivity contribution in [3.05, 3.63) is 71.7 Å². The lowest BCUT2D eigenvalue weighted by atomic mass is 10.2. The van der Waals surface area contributed by atoms with Gasteiger partial charge in [0.15, 0.2) is 0 Å². The van der Waals surface area contributed by atoms with E-state index in [9.17, 15) is 4.39 Å². The molecular weight excluding hydrogens is 291 g/mol. The van der Waals surface area contributed by atoms with Crippen molar-refractivity contribution in [1.29, 1.82) is 0 Å². The molecule has 1 heterocycles. The molecule has 0 aliphatic heterocycles. The van der Waals surface area contributed by atoms with Gasteiger partial charge >= 0.3 is 0 Å². The largest absolute Gasteiger partial charge is 0.338 e. The topological polar surface area (TPSA) is 49.8 Å². The molecule has 0 bridgehead atoms. The fourth-order valence-electron chi connectivity index (χ4n) is 2.22. The van der Waals surface area contributed by atoms with Gasteiger partial charge in [0, 0.05) is 17.4 Å². The number of halogens is 1. The van der Waals surface area contributed by atoms with Crippen LogP contribution in [0.15, 0.2) is 54.6 Å². The minimum atomic E-state index is -0.322. The summed E-state index contributed by atoms with van der Waals surface area (Å²) in [4.78, 5) is 8.78. The number of benzene rings is 2. The summed E-state index contributed by atoms with van der Waals surface area (Å²) >= 11 is 0. The maximum atomic E-state index is 13.8. The lowest BCUT2D eigenvalue weighted by Crippen LogP contribution is -2.03. The van der Waals surface area contributed by atoms with Gasteiger partial charge in [0.2, 0.25) is 5.95 Å². The van der Waals surface area contributed by atoms with Gasteiger partial charge in [-0.15, -0.1) is 0 Å². The molecule has 0 spiro atoms. The molecule has 0 amide bonds. The van der Waals surface area contributed by atoms with E-state index in [1.807, 2.05) is 38.1 Å². The molecule has 0 saturated carbocycles. The van der Waals surface area contributed by atoms with Crippen molar-refractivity contribution < 1.29 is 4.39 Å². The van der Waals surface area contributed by atoms with Crippen molar-refractivity contribution >= 4 is 23.1 Å². The molecule has 2 N–H and O–H groups in total. The van der Waals surface area contributed by atoms with Crippen LogP contribution >= 0.6 is 0 Å². The van der Waals surface area contributed by atoms with Crippen molar-refractivity contribution in [2.24, 2.45) is 0 Å². The SMILES string of the molecule is Cc1cc(Nc2ccccc2F)nc(Nc2ccccc2C)n1. The zero-order chi connectivity index (χ0) is 16.2. The Labute approximate surface area is 134 Å². The first kappa shape index (κ1) is 15.0. The molecule has 5 heteroatoms. The summed E-state index contributed by atoms with van der Waals surface area (Å²) in [5.41, 5.74) is 3.21. The molecule has 0 unspecified atom stereocenters. The molecule has 4 nitrogen and oxygen atoms in total. The van der Waals surface area contributed by atoms with Gasteiger partial charge < -0.3 is 10.6 Å². The predicted octanol–water partition coefficient (Wildman–Crippen LogP) is 4.72. The van der Waals surface area contributed by atoms with Crippen molar-refractivity contribution in [1.82, 2.24) is 9.97 Å². The number of hydrogen-bond acceptors (Lipinski definition) is 4. The third-order valence-corrected chi connectivity index (χ3v) is 3.38. The number of nitrogens with one attached hydrogen (secondary N) is 2. The van der Waals surface area contributed by atoms with Gasteiger partial charge in [0.1, 0.15) is 11.6 Å². The standard InChI is InChI=1S/C18H17FN4/c1-12-7-3-5-9-15(12)22-18-20-13(2)11-17(23-18)21-16-10-6-4-8-14(16)19/h3-11H,1-2H3,(H2,20,21,22,23). The number of aromatic nitrogens is 2. The van der Waals surface area contributed by atoms with E-state index in [-0.39, 0.29) is 5.82 Å². The van der Waals surface area contributed by atoms with Gasteiger partial charge in [-0.25, -0.2) is 9.37 Å². The summed E-state index contributed by atoms with van der Waals surface area (Å²) in [5.74, 6) is 0.689. The smallest absolute Gasteiger partial charge is 0.229 e. The van der Waals surface area contributed by atoms with E-state index < -0.39 is 0 Å². The van der Waals surface area contributed by atoms with Gasteiger partial charge in [-0.2, -0.15) is 4.98 Å². The van der Waals surface area contributed by atoms with E-state index in [0.29, 0.717) is 17.5 Å². The number of rotatable bonds is 4. The van der Waals surface area contributed by atoms with Crippen LogP contribution in [0.5, 0.6) is 0 Å². The van der Waals surface area contributed by atoms with Crippen LogP contribution in [0.2, 0.25) is 0 Å². The molecule has 0 aliphatic rings.